The summed E-state index contributed by atoms with van der Waals surface area (Å²) in [5.41, 5.74) is 0. The molecule has 0 spiro atoms. The second-order valence-corrected chi connectivity index (χ2v) is 2.84. The summed E-state index contributed by atoms with van der Waals surface area (Å²) >= 11 is 8.57. The summed E-state index contributed by atoms with van der Waals surface area (Å²) in [5, 5.41) is 8.69. The smallest absolute Gasteiger partial charge is 0.137 e. The second kappa shape index (κ2) is 2.54. The van der Waals surface area contributed by atoms with E-state index in [2.05, 4.69) is 15.9 Å². The molecule has 40 valence electrons. The van der Waals surface area contributed by atoms with Crippen molar-refractivity contribution in [1.82, 2.24) is 0 Å². The zero-order valence-corrected chi connectivity index (χ0v) is 6.25. The van der Waals surface area contributed by atoms with Crippen molar-refractivity contribution in [3.8, 4) is 6.07 Å². The van der Waals surface area contributed by atoms with Crippen molar-refractivity contribution in [2.75, 3.05) is 5.33 Å². The number of nitriles is 1. The van der Waals surface area contributed by atoms with Crippen LogP contribution in [0.5, 0.6) is 0 Å². The Morgan fingerprint density at radius 3 is 2.43 bits per heavy atom. The van der Waals surface area contributed by atoms with Crippen LogP contribution in [-0.4, -0.2) is 10.2 Å². The van der Waals surface area contributed by atoms with Crippen LogP contribution in [-0.2, 0) is 0 Å². The molecule has 0 rings (SSSR count). The molecule has 7 heavy (non-hydrogen) atoms. The highest BCUT2D eigenvalue weighted by Crippen LogP contribution is 2.14. The summed E-state index contributed by atoms with van der Waals surface area (Å²) in [6, 6.07) is 1.91. The molecule has 1 atom stereocenters. The van der Waals surface area contributed by atoms with E-state index >= 15 is 0 Å². The van der Waals surface area contributed by atoms with E-state index in [1.54, 1.807) is 6.92 Å². The zero-order chi connectivity index (χ0) is 5.91. The Morgan fingerprint density at radius 1 is 2.00 bits per heavy atom. The highest BCUT2D eigenvalue weighted by atomic mass is 79.9. The van der Waals surface area contributed by atoms with Gasteiger partial charge in [-0.25, -0.2) is 0 Å². The Kier molecular flexibility index (Phi) is 2.63. The van der Waals surface area contributed by atoms with E-state index in [0.717, 1.165) is 0 Å². The molecule has 0 aromatic carbocycles. The molecule has 0 aliphatic rings. The van der Waals surface area contributed by atoms with Crippen LogP contribution < -0.4 is 0 Å². The van der Waals surface area contributed by atoms with Gasteiger partial charge in [0, 0.05) is 5.33 Å². The van der Waals surface area contributed by atoms with Crippen molar-refractivity contribution in [1.29, 1.82) is 5.26 Å². The fourth-order valence-electron chi connectivity index (χ4n) is 0.0299. The van der Waals surface area contributed by atoms with Crippen molar-refractivity contribution in [3.63, 3.8) is 0 Å². The molecule has 0 aliphatic carbocycles. The highest BCUT2D eigenvalue weighted by molar-refractivity contribution is 9.09. The topological polar surface area (TPSA) is 23.8 Å². The Hall–Kier alpha value is 0.260. The molecule has 0 bridgehead atoms. The Labute approximate surface area is 56.4 Å². The number of hydrogen-bond acceptors (Lipinski definition) is 1. The molecule has 0 N–H and O–H groups in total. The molecule has 0 fully saturated rings. The first kappa shape index (κ1) is 7.26. The Balaban J connectivity index is 3.66. The monoisotopic (exact) mass is 181 g/mol. The van der Waals surface area contributed by atoms with Crippen LogP contribution in [0.25, 0.3) is 0 Å². The number of rotatable bonds is 1. The average Bonchev–Trinajstić information content (AvgIpc) is 1.68. The van der Waals surface area contributed by atoms with E-state index in [1.807, 2.05) is 6.07 Å². The molecule has 1 unspecified atom stereocenters. The molecule has 0 saturated carbocycles. The SMILES string of the molecule is CC(Cl)(C#N)CBr. The average molecular weight is 182 g/mol. The van der Waals surface area contributed by atoms with Crippen LogP contribution in [0, 0.1) is 11.3 Å². The van der Waals surface area contributed by atoms with Crippen LogP contribution in [0.3, 0.4) is 0 Å². The van der Waals surface area contributed by atoms with Crippen molar-refractivity contribution >= 4 is 27.5 Å². The van der Waals surface area contributed by atoms with Gasteiger partial charge in [-0.3, -0.25) is 0 Å². The van der Waals surface area contributed by atoms with E-state index in [0.29, 0.717) is 5.33 Å². The van der Waals surface area contributed by atoms with Crippen LogP contribution in [0.2, 0.25) is 0 Å². The van der Waals surface area contributed by atoms with Gasteiger partial charge >= 0.3 is 0 Å². The maximum atomic E-state index is 8.18. The minimum absolute atomic E-state index is 0.512. The Bertz CT molecular complexity index is 94.4. The molecule has 3 heteroatoms. The van der Waals surface area contributed by atoms with Gasteiger partial charge in [0.1, 0.15) is 4.87 Å². The van der Waals surface area contributed by atoms with Gasteiger partial charge in [0.15, 0.2) is 0 Å². The van der Waals surface area contributed by atoms with E-state index in [4.69, 9.17) is 16.9 Å². The van der Waals surface area contributed by atoms with Gasteiger partial charge in [-0.1, -0.05) is 15.9 Å². The van der Waals surface area contributed by atoms with E-state index in [-0.39, 0.29) is 0 Å². The van der Waals surface area contributed by atoms with Gasteiger partial charge in [-0.15, -0.1) is 11.6 Å². The predicted molar refractivity (Wildman–Crippen MR) is 33.7 cm³/mol. The van der Waals surface area contributed by atoms with Crippen molar-refractivity contribution in [2.45, 2.75) is 11.8 Å². The molecule has 0 amide bonds. The maximum Gasteiger partial charge on any atom is 0.137 e. The summed E-state index contributed by atoms with van der Waals surface area (Å²) in [4.78, 5) is -0.722. The molecule has 0 saturated heterocycles. The van der Waals surface area contributed by atoms with Crippen molar-refractivity contribution < 1.29 is 0 Å². The van der Waals surface area contributed by atoms with Gasteiger partial charge < -0.3 is 0 Å². The molecule has 1 nitrogen and oxygen atoms in total. The summed E-state index contributed by atoms with van der Waals surface area (Å²) in [7, 11) is 0. The lowest BCUT2D eigenvalue weighted by Gasteiger charge is -2.03. The van der Waals surface area contributed by atoms with E-state index in [1.165, 1.54) is 0 Å². The van der Waals surface area contributed by atoms with Gasteiger partial charge in [-0.2, -0.15) is 5.26 Å². The summed E-state index contributed by atoms with van der Waals surface area (Å²) in [6.45, 7) is 1.66. The summed E-state index contributed by atoms with van der Waals surface area (Å²) in [5.74, 6) is 0. The minimum atomic E-state index is -0.722. The van der Waals surface area contributed by atoms with Crippen LogP contribution >= 0.6 is 27.5 Å². The van der Waals surface area contributed by atoms with Crippen LogP contribution in [0.15, 0.2) is 0 Å². The molecular weight excluding hydrogens is 177 g/mol. The quantitative estimate of drug-likeness (QED) is 0.568. The fraction of sp³-hybridized carbons (Fsp3) is 0.750. The standard InChI is InChI=1S/C4H5BrClN/c1-4(6,2-5)3-7/h2H2,1H3. The number of hydrogen-bond donors (Lipinski definition) is 0. The number of halogens is 2. The maximum absolute atomic E-state index is 8.18. The second-order valence-electron chi connectivity index (χ2n) is 1.44. The molecule has 0 aliphatic heterocycles. The summed E-state index contributed by atoms with van der Waals surface area (Å²) < 4.78 is 0. The lowest BCUT2D eigenvalue weighted by atomic mass is 10.2. The first-order valence-corrected chi connectivity index (χ1v) is 3.28. The van der Waals surface area contributed by atoms with Gasteiger partial charge in [0.2, 0.25) is 0 Å². The van der Waals surface area contributed by atoms with Crippen LogP contribution in [0.1, 0.15) is 6.92 Å². The van der Waals surface area contributed by atoms with Gasteiger partial charge in [-0.05, 0) is 6.92 Å². The van der Waals surface area contributed by atoms with Gasteiger partial charge in [0.05, 0.1) is 6.07 Å². The number of alkyl halides is 2. The summed E-state index contributed by atoms with van der Waals surface area (Å²) in [6.07, 6.45) is 0. The third kappa shape index (κ3) is 2.90. The Morgan fingerprint density at radius 2 is 2.43 bits per heavy atom. The van der Waals surface area contributed by atoms with Crippen LogP contribution in [0.4, 0.5) is 0 Å². The predicted octanol–water partition coefficient (Wildman–Crippen LogP) is 1.90. The zero-order valence-electron chi connectivity index (χ0n) is 3.91. The van der Waals surface area contributed by atoms with Crippen molar-refractivity contribution in [2.24, 2.45) is 0 Å². The normalized spacial score (nSPS) is 17.4. The molecule has 0 aromatic heterocycles. The lowest BCUT2D eigenvalue weighted by Crippen LogP contribution is -2.13. The van der Waals surface area contributed by atoms with Gasteiger partial charge in [0.25, 0.3) is 0 Å². The molecule has 0 heterocycles. The first-order chi connectivity index (χ1) is 3.12. The number of nitrogens with zero attached hydrogens (tertiary/aromatic N) is 1. The third-order valence-corrected chi connectivity index (χ3v) is 2.15. The minimum Gasteiger partial charge on any atom is -0.196 e. The fourth-order valence-corrected chi connectivity index (χ4v) is 0.155. The highest BCUT2D eigenvalue weighted by Gasteiger charge is 2.16. The molecule has 0 aromatic rings. The molecular formula is C4H5BrClN. The largest absolute Gasteiger partial charge is 0.196 e. The molecule has 0 radical (unpaired) electrons. The van der Waals surface area contributed by atoms with Crippen molar-refractivity contribution in [3.05, 3.63) is 0 Å². The first-order valence-electron chi connectivity index (χ1n) is 1.78. The lowest BCUT2D eigenvalue weighted by molar-refractivity contribution is 0.921. The van der Waals surface area contributed by atoms with E-state index in [9.17, 15) is 0 Å². The van der Waals surface area contributed by atoms with E-state index < -0.39 is 4.87 Å². The third-order valence-electron chi connectivity index (χ3n) is 0.484.